The first-order valence-corrected chi connectivity index (χ1v) is 12.1. The van der Waals surface area contributed by atoms with E-state index in [-0.39, 0.29) is 24.0 Å². The van der Waals surface area contributed by atoms with E-state index in [4.69, 9.17) is 4.74 Å². The lowest BCUT2D eigenvalue weighted by Crippen LogP contribution is -2.49. The molecule has 2 fully saturated rings. The second-order valence-corrected chi connectivity index (χ2v) is 9.11. The van der Waals surface area contributed by atoms with Crippen LogP contribution in [-0.4, -0.2) is 117 Å². The van der Waals surface area contributed by atoms with Crippen LogP contribution >= 0.6 is 24.0 Å². The van der Waals surface area contributed by atoms with E-state index in [1.54, 1.807) is 0 Å². The van der Waals surface area contributed by atoms with E-state index in [1.807, 2.05) is 6.92 Å². The average Bonchev–Trinajstić information content (AvgIpc) is 2.80. The number of hydrogen-bond acceptors (Lipinski definition) is 6. The smallest absolute Gasteiger partial charge is 0.191 e. The van der Waals surface area contributed by atoms with Gasteiger partial charge in [-0.3, -0.25) is 19.7 Å². The highest BCUT2D eigenvalue weighted by atomic mass is 127. The van der Waals surface area contributed by atoms with Crippen LogP contribution in [0.15, 0.2) is 35.3 Å². The number of nitrogens with one attached hydrogen (secondary N) is 2. The van der Waals surface area contributed by atoms with Crippen LogP contribution in [0.4, 0.5) is 0 Å². The highest BCUT2D eigenvalue weighted by Crippen LogP contribution is 2.10. The van der Waals surface area contributed by atoms with E-state index in [1.165, 1.54) is 5.56 Å². The van der Waals surface area contributed by atoms with Crippen LogP contribution in [0.1, 0.15) is 19.4 Å². The van der Waals surface area contributed by atoms with Crippen LogP contribution < -0.4 is 10.6 Å². The number of β-amino-alcohol motifs (C(OH)–C–C–N with tert-alkyl or cyclic N) is 1. The summed E-state index contributed by atoms with van der Waals surface area (Å²) in [7, 11) is 0. The van der Waals surface area contributed by atoms with Crippen LogP contribution in [0.25, 0.3) is 0 Å². The zero-order chi connectivity index (χ0) is 22.7. The van der Waals surface area contributed by atoms with Gasteiger partial charge in [0.1, 0.15) is 0 Å². The molecule has 3 N–H and O–H groups in total. The summed E-state index contributed by atoms with van der Waals surface area (Å²) in [6.45, 7) is 16.2. The first-order chi connectivity index (χ1) is 15.5. The van der Waals surface area contributed by atoms with Crippen LogP contribution in [0, 0.1) is 0 Å². The van der Waals surface area contributed by atoms with Gasteiger partial charge in [0.15, 0.2) is 5.96 Å². The van der Waals surface area contributed by atoms with Gasteiger partial charge in [0.2, 0.25) is 0 Å². The molecule has 0 aliphatic carbocycles. The molecule has 2 aliphatic rings. The number of piperazine rings is 1. The van der Waals surface area contributed by atoms with Gasteiger partial charge in [0, 0.05) is 72.0 Å². The number of aliphatic imine (C=N–C) groups is 1. The summed E-state index contributed by atoms with van der Waals surface area (Å²) in [5.41, 5.74) is 0.535. The van der Waals surface area contributed by atoms with Crippen LogP contribution in [0.3, 0.4) is 0 Å². The molecular formula is C24H43IN6O2. The Morgan fingerprint density at radius 3 is 2.33 bits per heavy atom. The van der Waals surface area contributed by atoms with Crippen LogP contribution in [-0.2, 0) is 11.3 Å². The van der Waals surface area contributed by atoms with Gasteiger partial charge in [-0.2, -0.15) is 0 Å². The Hall–Kier alpha value is -0.980. The molecule has 2 aliphatic heterocycles. The Balaban J connectivity index is 0.00000385. The monoisotopic (exact) mass is 574 g/mol. The largest absolute Gasteiger partial charge is 0.387 e. The minimum atomic E-state index is -0.852. The van der Waals surface area contributed by atoms with Gasteiger partial charge in [0.25, 0.3) is 0 Å². The van der Waals surface area contributed by atoms with Crippen molar-refractivity contribution in [2.24, 2.45) is 4.99 Å². The number of halogens is 1. The van der Waals surface area contributed by atoms with E-state index in [9.17, 15) is 5.11 Å². The van der Waals surface area contributed by atoms with Gasteiger partial charge in [-0.25, -0.2) is 0 Å². The fourth-order valence-electron chi connectivity index (χ4n) is 4.23. The Bertz CT molecular complexity index is 677. The molecular weight excluding hydrogens is 531 g/mol. The molecule has 1 aromatic carbocycles. The van der Waals surface area contributed by atoms with Crippen molar-refractivity contribution in [2.45, 2.75) is 26.0 Å². The number of nitrogens with zero attached hydrogens (tertiary/aromatic N) is 4. The highest BCUT2D eigenvalue weighted by molar-refractivity contribution is 14.0. The Kier molecular flexibility index (Phi) is 12.9. The van der Waals surface area contributed by atoms with Gasteiger partial charge in [-0.1, -0.05) is 30.3 Å². The summed E-state index contributed by atoms with van der Waals surface area (Å²) in [6.07, 6.45) is 0. The van der Waals surface area contributed by atoms with E-state index >= 15 is 0 Å². The van der Waals surface area contributed by atoms with Gasteiger partial charge in [-0.15, -0.1) is 24.0 Å². The van der Waals surface area contributed by atoms with Crippen LogP contribution in [0.2, 0.25) is 0 Å². The maximum atomic E-state index is 10.8. The molecule has 188 valence electrons. The molecule has 2 heterocycles. The molecule has 0 radical (unpaired) electrons. The molecule has 0 saturated carbocycles. The summed E-state index contributed by atoms with van der Waals surface area (Å²) in [4.78, 5) is 11.9. The molecule has 0 spiro atoms. The minimum absolute atomic E-state index is 0. The SMILES string of the molecule is CCNC(=NCC(C)(O)CN1CCOCC1)NCCN1CCN(Cc2ccccc2)CC1.I. The minimum Gasteiger partial charge on any atom is -0.387 e. The molecule has 0 aromatic heterocycles. The normalized spacial score (nSPS) is 20.6. The van der Waals surface area contributed by atoms with Crippen molar-refractivity contribution in [3.8, 4) is 0 Å². The van der Waals surface area contributed by atoms with Gasteiger partial charge < -0.3 is 20.5 Å². The zero-order valence-corrected chi connectivity index (χ0v) is 22.7. The van der Waals surface area contributed by atoms with Crippen molar-refractivity contribution >= 4 is 29.9 Å². The number of benzene rings is 1. The topological polar surface area (TPSA) is 75.6 Å². The molecule has 1 unspecified atom stereocenters. The second kappa shape index (κ2) is 15.1. The third-order valence-corrected chi connectivity index (χ3v) is 6.02. The standard InChI is InChI=1S/C24H42N6O2.HI/c1-3-25-23(27-20-24(2,31)21-30-15-17-32-18-16-30)26-9-10-28-11-13-29(14-12-28)19-22-7-5-4-6-8-22;/h4-8,31H,3,9-21H2,1-2H3,(H2,25,26,27);1H. The van der Waals surface area contributed by atoms with E-state index in [0.717, 1.165) is 84.6 Å². The number of aliphatic hydroxyl groups is 1. The van der Waals surface area contributed by atoms with Crippen molar-refractivity contribution in [3.63, 3.8) is 0 Å². The van der Waals surface area contributed by atoms with Crippen molar-refractivity contribution in [2.75, 3.05) is 85.2 Å². The lowest BCUT2D eigenvalue weighted by molar-refractivity contribution is -0.0180. The lowest BCUT2D eigenvalue weighted by atomic mass is 10.1. The van der Waals surface area contributed by atoms with Crippen molar-refractivity contribution in [1.82, 2.24) is 25.3 Å². The van der Waals surface area contributed by atoms with Gasteiger partial charge in [-0.05, 0) is 19.4 Å². The second-order valence-electron chi connectivity index (χ2n) is 9.11. The first kappa shape index (κ1) is 28.3. The Morgan fingerprint density at radius 2 is 1.67 bits per heavy atom. The quantitative estimate of drug-likeness (QED) is 0.219. The summed E-state index contributed by atoms with van der Waals surface area (Å²) >= 11 is 0. The molecule has 0 bridgehead atoms. The summed E-state index contributed by atoms with van der Waals surface area (Å²) in [5.74, 6) is 0.775. The highest BCUT2D eigenvalue weighted by Gasteiger charge is 2.25. The zero-order valence-electron chi connectivity index (χ0n) is 20.3. The summed E-state index contributed by atoms with van der Waals surface area (Å²) < 4.78 is 5.39. The fourth-order valence-corrected chi connectivity index (χ4v) is 4.23. The maximum absolute atomic E-state index is 10.8. The molecule has 8 nitrogen and oxygen atoms in total. The van der Waals surface area contributed by atoms with E-state index in [2.05, 4.69) is 67.6 Å². The summed E-state index contributed by atoms with van der Waals surface area (Å²) in [5, 5.41) is 17.5. The lowest BCUT2D eigenvalue weighted by Gasteiger charge is -2.35. The molecule has 33 heavy (non-hydrogen) atoms. The average molecular weight is 575 g/mol. The third-order valence-electron chi connectivity index (χ3n) is 6.02. The summed E-state index contributed by atoms with van der Waals surface area (Å²) in [6, 6.07) is 10.7. The van der Waals surface area contributed by atoms with E-state index in [0.29, 0.717) is 13.1 Å². The Labute approximate surface area is 216 Å². The third kappa shape index (κ3) is 10.9. The van der Waals surface area contributed by atoms with Crippen molar-refractivity contribution < 1.29 is 9.84 Å². The predicted octanol–water partition coefficient (Wildman–Crippen LogP) is 1.06. The van der Waals surface area contributed by atoms with Crippen molar-refractivity contribution in [3.05, 3.63) is 35.9 Å². The fraction of sp³-hybridized carbons (Fsp3) is 0.708. The molecule has 1 aromatic rings. The molecule has 1 atom stereocenters. The predicted molar refractivity (Wildman–Crippen MR) is 145 cm³/mol. The van der Waals surface area contributed by atoms with E-state index < -0.39 is 5.60 Å². The Morgan fingerprint density at radius 1 is 1.00 bits per heavy atom. The number of morpholine rings is 1. The molecule has 9 heteroatoms. The molecule has 3 rings (SSSR count). The van der Waals surface area contributed by atoms with Gasteiger partial charge >= 0.3 is 0 Å². The molecule has 0 amide bonds. The first-order valence-electron chi connectivity index (χ1n) is 12.1. The van der Waals surface area contributed by atoms with Gasteiger partial charge in [0.05, 0.1) is 25.4 Å². The van der Waals surface area contributed by atoms with Crippen LogP contribution in [0.5, 0.6) is 0 Å². The molecule has 2 saturated heterocycles. The number of guanidine groups is 1. The maximum Gasteiger partial charge on any atom is 0.191 e. The number of ether oxygens (including phenoxy) is 1. The van der Waals surface area contributed by atoms with Crippen molar-refractivity contribution in [1.29, 1.82) is 0 Å². The number of hydrogen-bond donors (Lipinski definition) is 3. The number of rotatable bonds is 10.